The average Bonchev–Trinajstić information content (AvgIpc) is 0.882. The van der Waals surface area contributed by atoms with Crippen molar-refractivity contribution >= 4 is 67.6 Å². The van der Waals surface area contributed by atoms with Crippen molar-refractivity contribution < 1.29 is 56.1 Å². The topological polar surface area (TPSA) is 193 Å². The predicted octanol–water partition coefficient (Wildman–Crippen LogP) is 9.78. The summed E-state index contributed by atoms with van der Waals surface area (Å²) in [6.45, 7) is 9.96. The molecule has 0 aliphatic carbocycles. The molecular weight excluding hydrogens is 1420 g/mol. The number of hydrogen-bond acceptors (Lipinski definition) is 11. The third-order valence-corrected chi connectivity index (χ3v) is 26.7. The molecule has 7 heterocycles. The molecule has 504 valence electrons. The number of rotatable bonds is 12. The number of halogens is 6. The van der Waals surface area contributed by atoms with Crippen LogP contribution in [0.2, 0.25) is 0 Å². The van der Waals surface area contributed by atoms with Crippen LogP contribution in [0.3, 0.4) is 0 Å². The first-order valence-corrected chi connectivity index (χ1v) is 37.9. The van der Waals surface area contributed by atoms with Gasteiger partial charge in [0.25, 0.3) is 0 Å². The van der Waals surface area contributed by atoms with E-state index in [-0.39, 0.29) is 56.0 Å². The Labute approximate surface area is 574 Å². The van der Waals surface area contributed by atoms with Gasteiger partial charge in [-0.1, -0.05) is 141 Å². The lowest BCUT2D eigenvalue weighted by molar-refractivity contribution is -0.664. The predicted molar refractivity (Wildman–Crippen MR) is 362 cm³/mol. The minimum atomic E-state index is -3.60. The molecule has 17 nitrogen and oxygen atoms in total. The Morgan fingerprint density at radius 1 is 0.426 bits per heavy atom. The van der Waals surface area contributed by atoms with E-state index in [2.05, 4.69) is 67.0 Å². The fourth-order valence-electron chi connectivity index (χ4n) is 13.1. The second kappa shape index (κ2) is 32.9. The van der Waals surface area contributed by atoms with Crippen LogP contribution in [-0.2, 0) is 49.7 Å². The Bertz CT molecular complexity index is 3920. The van der Waals surface area contributed by atoms with Gasteiger partial charge in [-0.05, 0) is 125 Å². The molecule has 5 fully saturated rings. The first kappa shape index (κ1) is 72.4. The van der Waals surface area contributed by atoms with Gasteiger partial charge in [0, 0.05) is 107 Å². The lowest BCUT2D eigenvalue weighted by Gasteiger charge is -2.37. The van der Waals surface area contributed by atoms with E-state index in [0.29, 0.717) is 57.0 Å². The van der Waals surface area contributed by atoms with Crippen LogP contribution in [0.15, 0.2) is 180 Å². The molecular formula is C68H81Br2ClF3N11O6S3. The largest absolute Gasteiger partial charge is 1.00 e. The number of nitrogens with zero attached hydrogens (tertiary/aromatic N) is 10. The highest BCUT2D eigenvalue weighted by molar-refractivity contribution is 9.10. The van der Waals surface area contributed by atoms with E-state index in [4.69, 9.17) is 0 Å². The fraction of sp³-hybridized carbons (Fsp3) is 0.412. The molecule has 0 bridgehead atoms. The quantitative estimate of drug-likeness (QED) is 0.122. The minimum absolute atomic E-state index is 0. The molecule has 0 spiro atoms. The number of sulfonamides is 3. The number of hydrogen-bond donors (Lipinski definition) is 1. The van der Waals surface area contributed by atoms with E-state index in [9.17, 15) is 34.0 Å². The normalized spacial score (nSPS) is 23.2. The number of quaternary nitrogens is 1. The van der Waals surface area contributed by atoms with E-state index < -0.39 is 57.5 Å². The molecule has 0 radical (unpaired) electrons. The summed E-state index contributed by atoms with van der Waals surface area (Å²) in [5.74, 6) is -1.15. The Kier molecular flexibility index (Phi) is 25.4. The van der Waals surface area contributed by atoms with Gasteiger partial charge in [-0.25, -0.2) is 38.4 Å². The lowest BCUT2D eigenvalue weighted by atomic mass is 10.0. The molecule has 0 amide bonds. The van der Waals surface area contributed by atoms with Crippen molar-refractivity contribution in [2.45, 2.75) is 151 Å². The second-order valence-corrected chi connectivity index (χ2v) is 32.7. The summed E-state index contributed by atoms with van der Waals surface area (Å²) < 4.78 is 133. The number of anilines is 1. The summed E-state index contributed by atoms with van der Waals surface area (Å²) in [5.41, 5.74) is 4.42. The van der Waals surface area contributed by atoms with E-state index in [1.165, 1.54) is 51.0 Å². The van der Waals surface area contributed by atoms with Crippen molar-refractivity contribution in [1.29, 1.82) is 0 Å². The van der Waals surface area contributed by atoms with Crippen LogP contribution in [0.5, 0.6) is 0 Å². The van der Waals surface area contributed by atoms with Crippen molar-refractivity contribution in [3.8, 4) is 0 Å². The van der Waals surface area contributed by atoms with E-state index >= 15 is 4.39 Å². The molecule has 8 aromatic rings. The van der Waals surface area contributed by atoms with Crippen molar-refractivity contribution in [3.63, 3.8) is 0 Å². The zero-order valence-corrected chi connectivity index (χ0v) is 59.2. The Balaban J connectivity index is 0.000000155. The van der Waals surface area contributed by atoms with Crippen LogP contribution in [-0.4, -0.2) is 112 Å². The standard InChI is InChI=1S/C25H30FN5O2S.2C18H19BrFNO2S.C7H12N4.ClH/c1-19-7-10-25(20-5-3-2-4-6-20)34(32,33)31(19)16-21-8-9-23(15-24(21)26)29-13-11-22(12-14-29)30-17-27-28-18-30;2*1-13-7-10-18(14-5-3-2-4-6-14)24(22,23)21(13)12-15-8-9-16(19)11-17(15)20;1-3-8-4-2-7(1)11-5-9-10-6-11;/h2-6,8-9,15,17-19,22,25H,7,10-14,16H2,1H3;2*2-6,8-9,11,13,18H,7,10,12H2,1H3;5-8H,1-4H2;1H/t19-,25?;2*13-,18?;;/m000../s1. The maximum Gasteiger partial charge on any atom is 0.221 e. The Hall–Kier alpha value is -5.87. The SMILES string of the molecule is C[C@H]1CCC(c2ccccc2)S(=O)(=O)N1Cc1ccc(Br)cc1F.C[C@H]1CCC(c2ccccc2)S(=O)(=O)N1Cc1ccc(Br)cc1F.C[C@H]1CCC(c2ccccc2)S(=O)(=O)N1Cc1ccc(N2CCC(n3cnnc3)CC2)cc1F.[Cl-].c1nncn1C1CC[NH2+]CC1. The highest BCUT2D eigenvalue weighted by atomic mass is 79.9. The van der Waals surface area contributed by atoms with Crippen LogP contribution in [0, 0.1) is 17.5 Å². The van der Waals surface area contributed by atoms with Crippen LogP contribution in [0.4, 0.5) is 18.9 Å². The van der Waals surface area contributed by atoms with Gasteiger partial charge in [0.2, 0.25) is 30.1 Å². The minimum Gasteiger partial charge on any atom is -1.00 e. The van der Waals surface area contributed by atoms with E-state index in [1.54, 1.807) is 49.1 Å². The van der Waals surface area contributed by atoms with Crippen LogP contribution in [0.1, 0.15) is 146 Å². The summed E-state index contributed by atoms with van der Waals surface area (Å²) in [7, 11) is -10.7. The Morgan fingerprint density at radius 2 is 0.745 bits per heavy atom. The zero-order valence-electron chi connectivity index (χ0n) is 52.8. The van der Waals surface area contributed by atoms with Crippen molar-refractivity contribution in [3.05, 3.63) is 231 Å². The summed E-state index contributed by atoms with van der Waals surface area (Å²) in [6, 6.07) is 43.1. The maximum absolute atomic E-state index is 15.2. The van der Waals surface area contributed by atoms with Crippen molar-refractivity contribution in [1.82, 2.24) is 42.4 Å². The van der Waals surface area contributed by atoms with Crippen LogP contribution in [0.25, 0.3) is 0 Å². The average molecular weight is 1500 g/mol. The van der Waals surface area contributed by atoms with Gasteiger partial charge < -0.3 is 31.8 Å². The van der Waals surface area contributed by atoms with Gasteiger partial charge in [0.15, 0.2) is 0 Å². The molecule has 6 aromatic carbocycles. The van der Waals surface area contributed by atoms with E-state index in [0.717, 1.165) is 67.6 Å². The molecule has 13 rings (SSSR count). The highest BCUT2D eigenvalue weighted by Crippen LogP contribution is 2.42. The molecule has 26 heteroatoms. The smallest absolute Gasteiger partial charge is 0.221 e. The highest BCUT2D eigenvalue weighted by Gasteiger charge is 2.43. The van der Waals surface area contributed by atoms with Crippen molar-refractivity contribution in [2.75, 3.05) is 31.1 Å². The van der Waals surface area contributed by atoms with Gasteiger partial charge in [-0.3, -0.25) is 0 Å². The molecule has 6 atom stereocenters. The second-order valence-electron chi connectivity index (χ2n) is 24.6. The van der Waals surface area contributed by atoms with E-state index in [1.807, 2.05) is 135 Å². The molecule has 94 heavy (non-hydrogen) atoms. The Morgan fingerprint density at radius 3 is 1.07 bits per heavy atom. The van der Waals surface area contributed by atoms with Crippen molar-refractivity contribution in [2.24, 2.45) is 0 Å². The summed E-state index contributed by atoms with van der Waals surface area (Å²) in [6.07, 6.45) is 15.5. The molecule has 2 N–H and O–H groups in total. The number of aromatic nitrogens is 6. The molecule has 5 aliphatic rings. The molecule has 0 saturated carbocycles. The van der Waals surface area contributed by atoms with Gasteiger partial charge in [0.05, 0.1) is 13.1 Å². The molecule has 2 aromatic heterocycles. The summed E-state index contributed by atoms with van der Waals surface area (Å²) >= 11 is 6.45. The number of nitrogens with two attached hydrogens (primary N) is 1. The summed E-state index contributed by atoms with van der Waals surface area (Å²) in [4.78, 5) is 2.18. The van der Waals surface area contributed by atoms with Crippen LogP contribution < -0.4 is 22.6 Å². The molecule has 5 saturated heterocycles. The number of benzene rings is 6. The third kappa shape index (κ3) is 17.6. The van der Waals surface area contributed by atoms with Gasteiger partial charge in [-0.2, -0.15) is 12.9 Å². The van der Waals surface area contributed by atoms with Crippen LogP contribution >= 0.6 is 31.9 Å². The van der Waals surface area contributed by atoms with Gasteiger partial charge >= 0.3 is 0 Å². The molecule has 3 unspecified atom stereocenters. The zero-order chi connectivity index (χ0) is 65.9. The van der Waals surface area contributed by atoms with Gasteiger partial charge in [-0.15, -0.1) is 20.4 Å². The lowest BCUT2D eigenvalue weighted by Crippen LogP contribution is -3.00. The van der Waals surface area contributed by atoms with Gasteiger partial charge in [0.1, 0.15) is 58.5 Å². The monoisotopic (exact) mass is 1490 g/mol. The maximum atomic E-state index is 15.2. The summed E-state index contributed by atoms with van der Waals surface area (Å²) in [5, 5.41) is 16.0. The first-order valence-electron chi connectivity index (χ1n) is 31.8. The number of piperidine rings is 2. The third-order valence-electron chi connectivity index (χ3n) is 18.6. The molecule has 5 aliphatic heterocycles. The fourth-order valence-corrected chi connectivity index (χ4v) is 20.4. The first-order chi connectivity index (χ1) is 44.7.